The van der Waals surface area contributed by atoms with Gasteiger partial charge in [0, 0.05) is 21.7 Å². The van der Waals surface area contributed by atoms with Crippen molar-refractivity contribution in [1.29, 1.82) is 0 Å². The first kappa shape index (κ1) is 15.4. The van der Waals surface area contributed by atoms with Gasteiger partial charge in [-0.15, -0.1) is 0 Å². The number of pyridine rings is 1. The lowest BCUT2D eigenvalue weighted by atomic mass is 10.2. The molecule has 1 heterocycles. The van der Waals surface area contributed by atoms with Gasteiger partial charge in [-0.3, -0.25) is 9.78 Å². The molecule has 0 aliphatic carbocycles. The monoisotopic (exact) mass is 396 g/mol. The first-order valence-corrected chi connectivity index (χ1v) is 7.27. The molecule has 1 N–H and O–H groups in total. The number of ether oxygens (including phenoxy) is 1. The van der Waals surface area contributed by atoms with E-state index in [1.165, 1.54) is 24.5 Å². The van der Waals surface area contributed by atoms with E-state index in [0.29, 0.717) is 11.3 Å². The van der Waals surface area contributed by atoms with Crippen LogP contribution in [0.2, 0.25) is 0 Å². The third-order valence-corrected chi connectivity index (χ3v) is 3.38. The molecule has 108 valence electrons. The van der Waals surface area contributed by atoms with Crippen LogP contribution in [0.3, 0.4) is 0 Å². The first-order valence-electron chi connectivity index (χ1n) is 6.19. The topological polar surface area (TPSA) is 68.3 Å². The van der Waals surface area contributed by atoms with Crippen LogP contribution in [0.4, 0.5) is 5.69 Å². The zero-order valence-corrected chi connectivity index (χ0v) is 13.5. The quantitative estimate of drug-likeness (QED) is 0.638. The Bertz CT molecular complexity index is 659. The van der Waals surface area contributed by atoms with Crippen LogP contribution < -0.4 is 5.32 Å². The van der Waals surface area contributed by atoms with E-state index in [-0.39, 0.29) is 12.5 Å². The minimum absolute atomic E-state index is 0.327. The van der Waals surface area contributed by atoms with Gasteiger partial charge in [0.2, 0.25) is 0 Å². The number of benzene rings is 1. The number of carbonyl (C=O) groups is 2. The van der Waals surface area contributed by atoms with Gasteiger partial charge in [0.05, 0.1) is 5.56 Å². The maximum Gasteiger partial charge on any atom is 0.338 e. The number of amides is 1. The summed E-state index contributed by atoms with van der Waals surface area (Å²) in [5.74, 6) is -0.923. The maximum atomic E-state index is 11.8. The second kappa shape index (κ2) is 7.16. The number of hydrogen-bond acceptors (Lipinski definition) is 4. The van der Waals surface area contributed by atoms with Crippen LogP contribution in [0.15, 0.2) is 42.7 Å². The Morgan fingerprint density at radius 3 is 2.62 bits per heavy atom. The van der Waals surface area contributed by atoms with E-state index in [4.69, 9.17) is 4.74 Å². The molecule has 2 aromatic rings. The van der Waals surface area contributed by atoms with Crippen LogP contribution in [0, 0.1) is 10.5 Å². The van der Waals surface area contributed by atoms with E-state index in [1.54, 1.807) is 0 Å². The second-order valence-electron chi connectivity index (χ2n) is 4.32. The molecule has 0 radical (unpaired) electrons. The lowest BCUT2D eigenvalue weighted by Crippen LogP contribution is -2.21. The molecule has 6 heteroatoms. The highest BCUT2D eigenvalue weighted by Gasteiger charge is 2.10. The molecule has 5 nitrogen and oxygen atoms in total. The number of esters is 1. The minimum Gasteiger partial charge on any atom is -0.452 e. The lowest BCUT2D eigenvalue weighted by molar-refractivity contribution is -0.119. The van der Waals surface area contributed by atoms with Crippen LogP contribution in [0.25, 0.3) is 0 Å². The van der Waals surface area contributed by atoms with E-state index in [0.717, 1.165) is 9.13 Å². The SMILES string of the molecule is Cc1cc(I)ccc1NC(=O)COC(=O)c1ccncc1. The third-order valence-electron chi connectivity index (χ3n) is 2.71. The zero-order valence-electron chi connectivity index (χ0n) is 11.3. The number of aromatic nitrogens is 1. The van der Waals surface area contributed by atoms with Gasteiger partial charge in [-0.25, -0.2) is 4.79 Å². The standard InChI is InChI=1S/C15H13IN2O3/c1-10-8-12(16)2-3-13(10)18-14(19)9-21-15(20)11-4-6-17-7-5-11/h2-8H,9H2,1H3,(H,18,19). The molecule has 0 atom stereocenters. The Balaban J connectivity index is 1.89. The van der Waals surface area contributed by atoms with Crippen LogP contribution in [-0.2, 0) is 9.53 Å². The fraction of sp³-hybridized carbons (Fsp3) is 0.133. The highest BCUT2D eigenvalue weighted by molar-refractivity contribution is 14.1. The summed E-state index contributed by atoms with van der Waals surface area (Å²) >= 11 is 2.20. The highest BCUT2D eigenvalue weighted by atomic mass is 127. The summed E-state index contributed by atoms with van der Waals surface area (Å²) in [6.45, 7) is 1.58. The van der Waals surface area contributed by atoms with Gasteiger partial charge >= 0.3 is 5.97 Å². The number of hydrogen-bond donors (Lipinski definition) is 1. The zero-order chi connectivity index (χ0) is 15.2. The van der Waals surface area contributed by atoms with E-state index in [2.05, 4.69) is 32.9 Å². The predicted molar refractivity (Wildman–Crippen MR) is 87.0 cm³/mol. The average Bonchev–Trinajstić information content (AvgIpc) is 2.48. The van der Waals surface area contributed by atoms with Gasteiger partial charge in [-0.2, -0.15) is 0 Å². The van der Waals surface area contributed by atoms with Crippen molar-refractivity contribution in [2.45, 2.75) is 6.92 Å². The normalized spacial score (nSPS) is 10.0. The number of nitrogens with zero attached hydrogens (tertiary/aromatic N) is 1. The number of carbonyl (C=O) groups excluding carboxylic acids is 2. The summed E-state index contributed by atoms with van der Waals surface area (Å²) in [4.78, 5) is 27.3. The molecule has 1 aromatic heterocycles. The molecule has 0 unspecified atom stereocenters. The van der Waals surface area contributed by atoms with Gasteiger partial charge in [0.25, 0.3) is 5.91 Å². The molecule has 1 aromatic carbocycles. The van der Waals surface area contributed by atoms with Gasteiger partial charge in [-0.05, 0) is 65.4 Å². The average molecular weight is 396 g/mol. The van der Waals surface area contributed by atoms with Crippen molar-refractivity contribution in [3.05, 3.63) is 57.4 Å². The fourth-order valence-electron chi connectivity index (χ4n) is 1.66. The summed E-state index contributed by atoms with van der Waals surface area (Å²) in [5.41, 5.74) is 2.03. The van der Waals surface area contributed by atoms with Gasteiger partial charge < -0.3 is 10.1 Å². The van der Waals surface area contributed by atoms with Crippen molar-refractivity contribution < 1.29 is 14.3 Å². The van der Waals surface area contributed by atoms with Crippen molar-refractivity contribution in [3.8, 4) is 0 Å². The summed E-state index contributed by atoms with van der Waals surface area (Å²) in [7, 11) is 0. The molecule has 0 spiro atoms. The molecule has 0 fully saturated rings. The summed E-state index contributed by atoms with van der Waals surface area (Å²) in [6, 6.07) is 8.73. The summed E-state index contributed by atoms with van der Waals surface area (Å²) in [6.07, 6.45) is 2.98. The number of halogens is 1. The molecule has 0 bridgehead atoms. The Labute approximate surface area is 135 Å². The first-order chi connectivity index (χ1) is 10.1. The van der Waals surface area contributed by atoms with Crippen molar-refractivity contribution in [2.75, 3.05) is 11.9 Å². The third kappa shape index (κ3) is 4.52. The van der Waals surface area contributed by atoms with Crippen LogP contribution in [0.1, 0.15) is 15.9 Å². The molecule has 0 aliphatic rings. The predicted octanol–water partition coefficient (Wildman–Crippen LogP) is 2.79. The summed E-state index contributed by atoms with van der Waals surface area (Å²) in [5, 5.41) is 2.71. The van der Waals surface area contributed by atoms with Crippen LogP contribution >= 0.6 is 22.6 Å². The van der Waals surface area contributed by atoms with Crippen molar-refractivity contribution in [3.63, 3.8) is 0 Å². The second-order valence-corrected chi connectivity index (χ2v) is 5.57. The number of nitrogens with one attached hydrogen (secondary N) is 1. The van der Waals surface area contributed by atoms with Crippen LogP contribution in [0.5, 0.6) is 0 Å². The van der Waals surface area contributed by atoms with E-state index < -0.39 is 5.97 Å². The molecule has 0 saturated carbocycles. The molecule has 2 rings (SSSR count). The molecular weight excluding hydrogens is 383 g/mol. The lowest BCUT2D eigenvalue weighted by Gasteiger charge is -2.09. The molecule has 0 saturated heterocycles. The fourth-order valence-corrected chi connectivity index (χ4v) is 2.30. The molecule has 21 heavy (non-hydrogen) atoms. The Hall–Kier alpha value is -1.96. The summed E-state index contributed by atoms with van der Waals surface area (Å²) < 4.78 is 6.04. The Morgan fingerprint density at radius 2 is 1.95 bits per heavy atom. The van der Waals surface area contributed by atoms with Crippen molar-refractivity contribution in [2.24, 2.45) is 0 Å². The van der Waals surface area contributed by atoms with Gasteiger partial charge in [0.15, 0.2) is 6.61 Å². The maximum absolute atomic E-state index is 11.8. The minimum atomic E-state index is -0.549. The van der Waals surface area contributed by atoms with Crippen molar-refractivity contribution in [1.82, 2.24) is 4.98 Å². The largest absolute Gasteiger partial charge is 0.452 e. The van der Waals surface area contributed by atoms with Gasteiger partial charge in [0.1, 0.15) is 0 Å². The molecular formula is C15H13IN2O3. The Kier molecular flexibility index (Phi) is 5.26. The Morgan fingerprint density at radius 1 is 1.24 bits per heavy atom. The van der Waals surface area contributed by atoms with E-state index in [9.17, 15) is 9.59 Å². The molecule has 0 aliphatic heterocycles. The van der Waals surface area contributed by atoms with Gasteiger partial charge in [-0.1, -0.05) is 0 Å². The van der Waals surface area contributed by atoms with E-state index in [1.807, 2.05) is 25.1 Å². The number of aryl methyl sites for hydroxylation is 1. The van der Waals surface area contributed by atoms with E-state index >= 15 is 0 Å². The molecule has 1 amide bonds. The van der Waals surface area contributed by atoms with Crippen LogP contribution in [-0.4, -0.2) is 23.5 Å². The highest BCUT2D eigenvalue weighted by Crippen LogP contribution is 2.17. The number of anilines is 1. The number of rotatable bonds is 4. The smallest absolute Gasteiger partial charge is 0.338 e. The van der Waals surface area contributed by atoms with Crippen molar-refractivity contribution >= 4 is 40.2 Å².